The molecule has 1 aliphatic heterocycles. The first-order valence-electron chi connectivity index (χ1n) is 21.7. The fourth-order valence-corrected chi connectivity index (χ4v) is 16.1. The van der Waals surface area contributed by atoms with Gasteiger partial charge in [-0.15, -0.1) is 0 Å². The molecule has 6 fully saturated rings. The number of ether oxygens (including phenoxy) is 1. The van der Waals surface area contributed by atoms with Crippen molar-refractivity contribution in [3.63, 3.8) is 0 Å². The number of fused-ring (bicyclic) bond motifs is 7. The monoisotopic (exact) mass is 777 g/mol. The Balaban J connectivity index is 1.22. The van der Waals surface area contributed by atoms with Gasteiger partial charge in [0.15, 0.2) is 9.84 Å². The Bertz CT molecular complexity index is 1510. The van der Waals surface area contributed by atoms with Gasteiger partial charge in [0.1, 0.15) is 6.10 Å². The van der Waals surface area contributed by atoms with Crippen LogP contribution >= 0.6 is 0 Å². The van der Waals surface area contributed by atoms with E-state index >= 15 is 0 Å². The van der Waals surface area contributed by atoms with Crippen molar-refractivity contribution >= 4 is 21.8 Å². The molecule has 9 nitrogen and oxygen atoms in total. The van der Waals surface area contributed by atoms with Crippen molar-refractivity contribution in [3.05, 3.63) is 0 Å². The van der Waals surface area contributed by atoms with Crippen LogP contribution in [0.3, 0.4) is 0 Å². The van der Waals surface area contributed by atoms with Crippen molar-refractivity contribution in [3.8, 4) is 0 Å². The highest BCUT2D eigenvalue weighted by Crippen LogP contribution is 2.76. The number of carboxylic acid groups (broad SMARTS) is 1. The van der Waals surface area contributed by atoms with Crippen LogP contribution in [0.1, 0.15) is 146 Å². The number of aliphatic carboxylic acids is 1. The molecule has 12 atom stereocenters. The Kier molecular flexibility index (Phi) is 11.4. The van der Waals surface area contributed by atoms with Gasteiger partial charge in [0.05, 0.1) is 30.5 Å². The molecule has 0 aromatic heterocycles. The highest BCUT2D eigenvalue weighted by Gasteiger charge is 2.71. The second-order valence-electron chi connectivity index (χ2n) is 21.9. The molecule has 1 heterocycles. The van der Waals surface area contributed by atoms with Crippen LogP contribution in [0.25, 0.3) is 0 Å². The number of sulfone groups is 1. The smallest absolute Gasteiger partial charge is 0.306 e. The number of rotatable bonds is 11. The lowest BCUT2D eigenvalue weighted by molar-refractivity contribution is -0.247. The first-order chi connectivity index (χ1) is 24.9. The van der Waals surface area contributed by atoms with Gasteiger partial charge in [-0.2, -0.15) is 0 Å². The van der Waals surface area contributed by atoms with Crippen molar-refractivity contribution in [1.29, 1.82) is 0 Å². The van der Waals surface area contributed by atoms with E-state index in [4.69, 9.17) is 4.74 Å². The molecule has 1 saturated heterocycles. The van der Waals surface area contributed by atoms with Gasteiger partial charge in [-0.3, -0.25) is 14.5 Å². The predicted octanol–water partition coefficient (Wildman–Crippen LogP) is 7.35. The van der Waals surface area contributed by atoms with E-state index in [1.165, 1.54) is 38.5 Å². The van der Waals surface area contributed by atoms with Crippen molar-refractivity contribution in [2.75, 3.05) is 31.1 Å². The third kappa shape index (κ3) is 7.24. The number of nitrogens with one attached hydrogen (secondary N) is 1. The quantitative estimate of drug-likeness (QED) is 0.184. The molecule has 0 spiro atoms. The van der Waals surface area contributed by atoms with Crippen LogP contribution < -0.4 is 5.32 Å². The Morgan fingerprint density at radius 1 is 0.852 bits per heavy atom. The van der Waals surface area contributed by atoms with Gasteiger partial charge < -0.3 is 20.3 Å². The maximum Gasteiger partial charge on any atom is 0.306 e. The summed E-state index contributed by atoms with van der Waals surface area (Å²) >= 11 is 0. The Hall–Kier alpha value is -1.23. The summed E-state index contributed by atoms with van der Waals surface area (Å²) in [5.74, 6) is 2.71. The lowest BCUT2D eigenvalue weighted by Gasteiger charge is -2.73. The molecule has 3 N–H and O–H groups in total. The molecular formula is C44H76N2O7S. The minimum absolute atomic E-state index is 0.0430. The standard InChI is InChI=1S/C44H76N2O7S/c1-28(2)30-13-18-44(45-27-32(29(3)47)46-21-23-54(51,52)24-22-46)20-19-42(9)31(38(30)44)11-12-34-41(8)16-15-35(40(6,7)33(41)14-17-43(34,42)10)53-37(50)26-39(4,5)25-36(48)49/h28-35,38,45,47H,11-27H2,1-10H3,(H,48,49)/t29?,30-,31+,32?,33-,34+,35-,38+,41-,42+,43+,44-/m0/s1. The molecule has 0 aromatic rings. The summed E-state index contributed by atoms with van der Waals surface area (Å²) < 4.78 is 30.8. The largest absolute Gasteiger partial charge is 0.481 e. The second kappa shape index (κ2) is 14.5. The summed E-state index contributed by atoms with van der Waals surface area (Å²) in [6, 6.07) is -0.0978. The summed E-state index contributed by atoms with van der Waals surface area (Å²) in [6.45, 7) is 24.7. The summed E-state index contributed by atoms with van der Waals surface area (Å²) in [5, 5.41) is 24.6. The molecule has 5 aliphatic carbocycles. The van der Waals surface area contributed by atoms with Crippen molar-refractivity contribution < 1.29 is 33.0 Å². The molecule has 0 bridgehead atoms. The van der Waals surface area contributed by atoms with Crippen LogP contribution in [0.2, 0.25) is 0 Å². The maximum atomic E-state index is 13.3. The number of nitrogens with zero attached hydrogens (tertiary/aromatic N) is 1. The molecule has 2 unspecified atom stereocenters. The highest BCUT2D eigenvalue weighted by molar-refractivity contribution is 7.91. The Labute approximate surface area is 327 Å². The van der Waals surface area contributed by atoms with Crippen LogP contribution in [0.15, 0.2) is 0 Å². The van der Waals surface area contributed by atoms with Gasteiger partial charge >= 0.3 is 11.9 Å². The fourth-order valence-electron chi connectivity index (χ4n) is 14.9. The van der Waals surface area contributed by atoms with E-state index in [0.717, 1.165) is 25.7 Å². The number of carboxylic acids is 1. The number of aliphatic hydroxyl groups excluding tert-OH is 1. The SMILES string of the molecule is CC(O)C(CN[C@]12CC[C@@H](C(C)C)[C@@H]1[C@H]1CC[C@@H]3[C@@]4(C)CC[C@H](OC(=O)CC(C)(C)CC(=O)O)C(C)(C)[C@@H]4CC[C@@]3(C)[C@]1(C)CC2)N1CCS(=O)(=O)CC1. The molecule has 6 aliphatic rings. The second-order valence-corrected chi connectivity index (χ2v) is 24.2. The first-order valence-corrected chi connectivity index (χ1v) is 23.5. The van der Waals surface area contributed by atoms with E-state index in [2.05, 4.69) is 58.7 Å². The average molecular weight is 777 g/mol. The zero-order chi connectivity index (χ0) is 39.9. The molecule has 5 saturated carbocycles. The third-order valence-corrected chi connectivity index (χ3v) is 19.5. The summed E-state index contributed by atoms with van der Waals surface area (Å²) in [6.07, 6.45) is 10.9. The van der Waals surface area contributed by atoms with E-state index < -0.39 is 27.3 Å². The number of hydrogen-bond acceptors (Lipinski definition) is 8. The van der Waals surface area contributed by atoms with Crippen LogP contribution in [-0.4, -0.2) is 90.4 Å². The number of aliphatic hydroxyl groups is 1. The number of carbonyl (C=O) groups excluding carboxylic acids is 1. The zero-order valence-electron chi connectivity index (χ0n) is 35.5. The Morgan fingerprint density at radius 3 is 2.13 bits per heavy atom. The third-order valence-electron chi connectivity index (χ3n) is 17.9. The molecular weight excluding hydrogens is 701 g/mol. The molecule has 0 radical (unpaired) electrons. The summed E-state index contributed by atoms with van der Waals surface area (Å²) in [5.41, 5.74) is -0.193. The van der Waals surface area contributed by atoms with Gasteiger partial charge in [0.2, 0.25) is 0 Å². The lowest BCUT2D eigenvalue weighted by Crippen LogP contribution is -2.69. The van der Waals surface area contributed by atoms with Crippen molar-refractivity contribution in [2.24, 2.45) is 62.6 Å². The highest BCUT2D eigenvalue weighted by atomic mass is 32.2. The zero-order valence-corrected chi connectivity index (χ0v) is 36.3. The molecule has 0 aromatic carbocycles. The molecule has 0 amide bonds. The predicted molar refractivity (Wildman–Crippen MR) is 214 cm³/mol. The number of hydrogen-bond donors (Lipinski definition) is 3. The summed E-state index contributed by atoms with van der Waals surface area (Å²) in [4.78, 5) is 26.9. The van der Waals surface area contributed by atoms with Gasteiger partial charge in [0, 0.05) is 36.6 Å². The molecule has 10 heteroatoms. The fraction of sp³-hybridized carbons (Fsp3) is 0.955. The van der Waals surface area contributed by atoms with Crippen molar-refractivity contribution in [2.45, 2.75) is 170 Å². The molecule has 6 rings (SSSR count). The van der Waals surface area contributed by atoms with Gasteiger partial charge in [-0.1, -0.05) is 62.3 Å². The van der Waals surface area contributed by atoms with E-state index in [1.807, 2.05) is 20.8 Å². The number of carbonyl (C=O) groups is 2. The van der Waals surface area contributed by atoms with Crippen LogP contribution in [0.4, 0.5) is 0 Å². The van der Waals surface area contributed by atoms with Crippen LogP contribution in [-0.2, 0) is 24.2 Å². The van der Waals surface area contributed by atoms with E-state index in [-0.39, 0.29) is 69.7 Å². The minimum Gasteiger partial charge on any atom is -0.481 e. The lowest BCUT2D eigenvalue weighted by atomic mass is 9.32. The average Bonchev–Trinajstić information content (AvgIpc) is 3.42. The Morgan fingerprint density at radius 2 is 1.52 bits per heavy atom. The van der Waals surface area contributed by atoms with Gasteiger partial charge in [0.25, 0.3) is 0 Å². The minimum atomic E-state index is -2.99. The van der Waals surface area contributed by atoms with E-state index in [9.17, 15) is 28.2 Å². The van der Waals surface area contributed by atoms with Crippen LogP contribution in [0.5, 0.6) is 0 Å². The molecule has 54 heavy (non-hydrogen) atoms. The van der Waals surface area contributed by atoms with Crippen LogP contribution in [0, 0.1) is 62.6 Å². The topological polar surface area (TPSA) is 133 Å². The van der Waals surface area contributed by atoms with Crippen molar-refractivity contribution in [1.82, 2.24) is 10.2 Å². The first kappa shape index (κ1) is 42.4. The maximum absolute atomic E-state index is 13.3. The van der Waals surface area contributed by atoms with Gasteiger partial charge in [-0.25, -0.2) is 8.42 Å². The molecule has 310 valence electrons. The van der Waals surface area contributed by atoms with E-state index in [1.54, 1.807) is 0 Å². The number of esters is 1. The van der Waals surface area contributed by atoms with E-state index in [0.29, 0.717) is 55.1 Å². The summed E-state index contributed by atoms with van der Waals surface area (Å²) in [7, 11) is -2.99. The normalized spacial score (nSPS) is 42.9. The van der Waals surface area contributed by atoms with Gasteiger partial charge in [-0.05, 0) is 128 Å².